The fraction of sp³-hybridized carbons (Fsp3) is 0.320. The number of carboxylic acids is 1. The van der Waals surface area contributed by atoms with E-state index in [1.54, 1.807) is 0 Å². The van der Waals surface area contributed by atoms with Gasteiger partial charge >= 0.3 is 12.1 Å². The number of carboxylic acid groups (broad SMARTS) is 1. The zero-order valence-corrected chi connectivity index (χ0v) is 18.0. The molecule has 3 N–H and O–H groups in total. The molecule has 0 aliphatic heterocycles. The van der Waals surface area contributed by atoms with E-state index in [1.165, 1.54) is 6.08 Å². The molecular weight excluding hydrogens is 408 g/mol. The average Bonchev–Trinajstić information content (AvgIpc) is 3.10. The van der Waals surface area contributed by atoms with Crippen LogP contribution in [0.15, 0.2) is 61.2 Å². The summed E-state index contributed by atoms with van der Waals surface area (Å²) >= 11 is 0. The van der Waals surface area contributed by atoms with E-state index in [-0.39, 0.29) is 18.9 Å². The number of alkyl carbamates (subject to hydrolysis) is 1. The van der Waals surface area contributed by atoms with Crippen LogP contribution >= 0.6 is 0 Å². The topological polar surface area (TPSA) is 105 Å². The largest absolute Gasteiger partial charge is 0.480 e. The monoisotopic (exact) mass is 436 g/mol. The Balaban J connectivity index is 1.64. The summed E-state index contributed by atoms with van der Waals surface area (Å²) in [5.41, 5.74) is 4.42. The SMILES string of the molecule is C=CCC(NC(=O)OCC1c2ccccc2-c2ccccc21)C(=O)N[C@H](CCC)C(=O)O. The van der Waals surface area contributed by atoms with Crippen molar-refractivity contribution < 1.29 is 24.2 Å². The lowest BCUT2D eigenvalue weighted by Crippen LogP contribution is -2.51. The van der Waals surface area contributed by atoms with Crippen LogP contribution in [0.25, 0.3) is 11.1 Å². The maximum Gasteiger partial charge on any atom is 0.407 e. The summed E-state index contributed by atoms with van der Waals surface area (Å²) in [7, 11) is 0. The Kier molecular flexibility index (Phi) is 7.65. The lowest BCUT2D eigenvalue weighted by molar-refractivity contribution is -0.142. The minimum atomic E-state index is -1.11. The van der Waals surface area contributed by atoms with Crippen LogP contribution in [0.2, 0.25) is 0 Å². The molecule has 0 saturated carbocycles. The highest BCUT2D eigenvalue weighted by atomic mass is 16.5. The van der Waals surface area contributed by atoms with E-state index < -0.39 is 30.1 Å². The van der Waals surface area contributed by atoms with E-state index >= 15 is 0 Å². The van der Waals surface area contributed by atoms with Gasteiger partial charge in [-0.15, -0.1) is 6.58 Å². The van der Waals surface area contributed by atoms with Gasteiger partial charge in [-0.25, -0.2) is 9.59 Å². The molecule has 2 aromatic carbocycles. The maximum absolute atomic E-state index is 12.6. The number of benzene rings is 2. The summed E-state index contributed by atoms with van der Waals surface area (Å²) in [6.07, 6.45) is 1.80. The first-order chi connectivity index (χ1) is 15.5. The van der Waals surface area contributed by atoms with E-state index in [9.17, 15) is 19.5 Å². The number of fused-ring (bicyclic) bond motifs is 3. The van der Waals surface area contributed by atoms with Crippen LogP contribution in [0.5, 0.6) is 0 Å². The van der Waals surface area contributed by atoms with Gasteiger partial charge in [0.15, 0.2) is 0 Å². The van der Waals surface area contributed by atoms with Gasteiger partial charge in [-0.2, -0.15) is 0 Å². The third-order valence-corrected chi connectivity index (χ3v) is 5.55. The highest BCUT2D eigenvalue weighted by Crippen LogP contribution is 2.44. The number of ether oxygens (including phenoxy) is 1. The van der Waals surface area contributed by atoms with Gasteiger partial charge in [0.1, 0.15) is 18.7 Å². The second kappa shape index (κ2) is 10.6. The molecule has 0 spiro atoms. The third-order valence-electron chi connectivity index (χ3n) is 5.55. The van der Waals surface area contributed by atoms with Crippen molar-refractivity contribution in [3.8, 4) is 11.1 Å². The molecule has 0 aromatic heterocycles. The maximum atomic E-state index is 12.6. The Hall–Kier alpha value is -3.61. The molecule has 7 nitrogen and oxygen atoms in total. The Morgan fingerprint density at radius 1 is 1.03 bits per heavy atom. The van der Waals surface area contributed by atoms with Gasteiger partial charge in [0, 0.05) is 5.92 Å². The molecule has 2 aromatic rings. The first-order valence-corrected chi connectivity index (χ1v) is 10.7. The van der Waals surface area contributed by atoms with Gasteiger partial charge in [0.25, 0.3) is 0 Å². The fourth-order valence-corrected chi connectivity index (χ4v) is 4.00. The predicted molar refractivity (Wildman–Crippen MR) is 121 cm³/mol. The quantitative estimate of drug-likeness (QED) is 0.491. The van der Waals surface area contributed by atoms with Crippen molar-refractivity contribution in [3.05, 3.63) is 72.3 Å². The second-order valence-corrected chi connectivity index (χ2v) is 7.73. The van der Waals surface area contributed by atoms with Gasteiger partial charge < -0.3 is 20.5 Å². The normalized spacial score (nSPS) is 13.9. The van der Waals surface area contributed by atoms with E-state index in [4.69, 9.17) is 4.74 Å². The summed E-state index contributed by atoms with van der Waals surface area (Å²) in [6, 6.07) is 14.0. The number of rotatable bonds is 10. The second-order valence-electron chi connectivity index (χ2n) is 7.73. The molecule has 0 bridgehead atoms. The molecule has 2 atom stereocenters. The van der Waals surface area contributed by atoms with Crippen LogP contribution in [-0.2, 0) is 14.3 Å². The minimum absolute atomic E-state index is 0.0965. The highest BCUT2D eigenvalue weighted by molar-refractivity contribution is 5.89. The Bertz CT molecular complexity index is 958. The number of hydrogen-bond acceptors (Lipinski definition) is 4. The summed E-state index contributed by atoms with van der Waals surface area (Å²) in [4.78, 5) is 36.4. The summed E-state index contributed by atoms with van der Waals surface area (Å²) in [6.45, 7) is 5.56. The van der Waals surface area contributed by atoms with Crippen molar-refractivity contribution in [1.29, 1.82) is 0 Å². The Morgan fingerprint density at radius 2 is 1.62 bits per heavy atom. The van der Waals surface area contributed by atoms with E-state index in [2.05, 4.69) is 17.2 Å². The van der Waals surface area contributed by atoms with Gasteiger partial charge in [-0.05, 0) is 35.1 Å². The first-order valence-electron chi connectivity index (χ1n) is 10.7. The summed E-state index contributed by atoms with van der Waals surface area (Å²) in [5.74, 6) is -1.79. The lowest BCUT2D eigenvalue weighted by Gasteiger charge is -2.21. The number of hydrogen-bond donors (Lipinski definition) is 3. The fourth-order valence-electron chi connectivity index (χ4n) is 4.00. The molecule has 0 radical (unpaired) electrons. The van der Waals surface area contributed by atoms with Crippen molar-refractivity contribution in [2.75, 3.05) is 6.61 Å². The van der Waals surface area contributed by atoms with E-state index in [0.717, 1.165) is 22.3 Å². The van der Waals surface area contributed by atoms with Crippen molar-refractivity contribution in [2.24, 2.45) is 0 Å². The minimum Gasteiger partial charge on any atom is -0.480 e. The molecule has 0 fully saturated rings. The van der Waals surface area contributed by atoms with Crippen molar-refractivity contribution in [1.82, 2.24) is 10.6 Å². The van der Waals surface area contributed by atoms with Crippen LogP contribution in [0, 0.1) is 0 Å². The third kappa shape index (κ3) is 5.17. The molecule has 1 aliphatic rings. The van der Waals surface area contributed by atoms with Crippen molar-refractivity contribution in [3.63, 3.8) is 0 Å². The Morgan fingerprint density at radius 3 is 2.16 bits per heavy atom. The Labute approximate surface area is 187 Å². The van der Waals surface area contributed by atoms with Crippen LogP contribution in [0.4, 0.5) is 4.79 Å². The molecular formula is C25H28N2O5. The molecule has 32 heavy (non-hydrogen) atoms. The van der Waals surface area contributed by atoms with Crippen molar-refractivity contribution >= 4 is 18.0 Å². The number of carbonyl (C=O) groups is 3. The number of aliphatic carboxylic acids is 1. The molecule has 3 rings (SSSR count). The molecule has 168 valence electrons. The molecule has 1 unspecified atom stereocenters. The zero-order chi connectivity index (χ0) is 23.1. The number of nitrogens with one attached hydrogen (secondary N) is 2. The molecule has 7 heteroatoms. The zero-order valence-electron chi connectivity index (χ0n) is 18.0. The average molecular weight is 437 g/mol. The number of amides is 2. The standard InChI is InChI=1S/C25H28N2O5/c1-3-9-21(23(28)26-22(10-4-2)24(29)30)27-25(31)32-15-20-18-13-7-5-11-16(18)17-12-6-8-14-19(17)20/h3,5-8,11-14,20-22H,1,4,9-10,15H2,2H3,(H,26,28)(H,27,31)(H,29,30)/t21?,22-/m1/s1. The smallest absolute Gasteiger partial charge is 0.407 e. The van der Waals surface area contributed by atoms with Gasteiger partial charge in [0.2, 0.25) is 5.91 Å². The van der Waals surface area contributed by atoms with Gasteiger partial charge in [-0.3, -0.25) is 4.79 Å². The van der Waals surface area contributed by atoms with Crippen LogP contribution in [0.1, 0.15) is 43.2 Å². The predicted octanol–water partition coefficient (Wildman–Crippen LogP) is 3.84. The highest BCUT2D eigenvalue weighted by Gasteiger charge is 2.30. The first kappa shape index (κ1) is 23.1. The molecule has 1 aliphatic carbocycles. The summed E-state index contributed by atoms with van der Waals surface area (Å²) < 4.78 is 5.49. The van der Waals surface area contributed by atoms with Gasteiger partial charge in [-0.1, -0.05) is 68.0 Å². The number of carbonyl (C=O) groups excluding carboxylic acids is 2. The van der Waals surface area contributed by atoms with Crippen molar-refractivity contribution in [2.45, 2.75) is 44.2 Å². The molecule has 0 saturated heterocycles. The van der Waals surface area contributed by atoms with Crippen LogP contribution in [-0.4, -0.2) is 41.8 Å². The lowest BCUT2D eigenvalue weighted by atomic mass is 9.98. The van der Waals surface area contributed by atoms with Crippen LogP contribution < -0.4 is 10.6 Å². The van der Waals surface area contributed by atoms with E-state index in [0.29, 0.717) is 12.8 Å². The van der Waals surface area contributed by atoms with E-state index in [1.807, 2.05) is 55.5 Å². The van der Waals surface area contributed by atoms with Crippen LogP contribution in [0.3, 0.4) is 0 Å². The van der Waals surface area contributed by atoms with Gasteiger partial charge in [0.05, 0.1) is 0 Å². The molecule has 0 heterocycles. The molecule has 2 amide bonds. The summed E-state index contributed by atoms with van der Waals surface area (Å²) in [5, 5.41) is 14.3.